The van der Waals surface area contributed by atoms with Crippen molar-refractivity contribution < 1.29 is 27.1 Å². The molecule has 0 bridgehead atoms. The summed E-state index contributed by atoms with van der Waals surface area (Å²) in [4.78, 5) is 27.5. The average Bonchev–Trinajstić information content (AvgIpc) is 2.74. The number of sulfonamides is 1. The first-order valence-electron chi connectivity index (χ1n) is 10.7. The number of hydrogen-bond acceptors (Lipinski definition) is 5. The lowest BCUT2D eigenvalue weighted by Gasteiger charge is -2.33. The summed E-state index contributed by atoms with van der Waals surface area (Å²) in [5.41, 5.74) is -0.179. The first-order valence-corrected chi connectivity index (χ1v) is 12.5. The smallest absolute Gasteiger partial charge is 0.244 e. The van der Waals surface area contributed by atoms with E-state index in [2.05, 4.69) is 5.32 Å². The van der Waals surface area contributed by atoms with Crippen molar-refractivity contribution in [3.63, 3.8) is 0 Å². The first kappa shape index (κ1) is 27.1. The van der Waals surface area contributed by atoms with Crippen LogP contribution in [0.1, 0.15) is 33.3 Å². The molecule has 8 nitrogen and oxygen atoms in total. The van der Waals surface area contributed by atoms with Gasteiger partial charge >= 0.3 is 0 Å². The van der Waals surface area contributed by atoms with Gasteiger partial charge in [-0.2, -0.15) is 0 Å². The molecule has 0 aliphatic rings. The van der Waals surface area contributed by atoms with Crippen LogP contribution in [0.5, 0.6) is 5.75 Å². The van der Waals surface area contributed by atoms with Crippen molar-refractivity contribution >= 4 is 27.5 Å². The first-order chi connectivity index (χ1) is 15.7. The third-order valence-electron chi connectivity index (χ3n) is 5.00. The molecule has 2 aromatic carbocycles. The van der Waals surface area contributed by atoms with E-state index in [4.69, 9.17) is 4.74 Å². The Morgan fingerprint density at radius 3 is 2.24 bits per heavy atom. The van der Waals surface area contributed by atoms with Crippen molar-refractivity contribution in [1.82, 2.24) is 10.2 Å². The minimum absolute atomic E-state index is 0.179. The van der Waals surface area contributed by atoms with Crippen molar-refractivity contribution in [2.45, 2.75) is 45.8 Å². The molecule has 0 aliphatic heterocycles. The number of para-hydroxylation sites is 2. The van der Waals surface area contributed by atoms with Crippen molar-refractivity contribution in [1.29, 1.82) is 0 Å². The maximum Gasteiger partial charge on any atom is 0.244 e. The lowest BCUT2D eigenvalue weighted by atomic mass is 10.1. The van der Waals surface area contributed by atoms with Gasteiger partial charge in [0.05, 0.1) is 19.1 Å². The molecule has 2 aromatic rings. The Morgan fingerprint density at radius 2 is 1.68 bits per heavy atom. The maximum atomic E-state index is 14.4. The Labute approximate surface area is 200 Å². The zero-order chi connectivity index (χ0) is 25.7. The lowest BCUT2D eigenvalue weighted by Crippen LogP contribution is -2.54. The monoisotopic (exact) mass is 493 g/mol. The molecule has 0 saturated carbocycles. The number of carbonyl (C=O) groups is 2. The van der Waals surface area contributed by atoms with E-state index in [0.717, 1.165) is 10.6 Å². The fourth-order valence-electron chi connectivity index (χ4n) is 3.30. The van der Waals surface area contributed by atoms with Crippen LogP contribution in [0, 0.1) is 5.82 Å². The molecule has 2 rings (SSSR count). The number of nitrogens with one attached hydrogen (secondary N) is 1. The Hall–Kier alpha value is -3.14. The molecular formula is C24H32FN3O5S. The maximum absolute atomic E-state index is 14.4. The summed E-state index contributed by atoms with van der Waals surface area (Å²) < 4.78 is 45.8. The SMILES string of the molecule is COc1ccccc1N(CC(=O)N(Cc1ccccc1F)[C@H](C)C(=O)NC(C)(C)C)S(C)(=O)=O. The van der Waals surface area contributed by atoms with E-state index >= 15 is 0 Å². The van der Waals surface area contributed by atoms with Gasteiger partial charge in [0.25, 0.3) is 0 Å². The largest absolute Gasteiger partial charge is 0.495 e. The van der Waals surface area contributed by atoms with Gasteiger partial charge in [0, 0.05) is 17.6 Å². The number of carbonyl (C=O) groups excluding carboxylic acids is 2. The molecule has 0 unspecified atom stereocenters. The summed E-state index contributed by atoms with van der Waals surface area (Å²) >= 11 is 0. The van der Waals surface area contributed by atoms with Gasteiger partial charge in [-0.05, 0) is 45.9 Å². The molecule has 0 aromatic heterocycles. The van der Waals surface area contributed by atoms with Gasteiger partial charge < -0.3 is 15.0 Å². The van der Waals surface area contributed by atoms with Crippen LogP contribution in [0.15, 0.2) is 48.5 Å². The molecule has 0 fully saturated rings. The molecule has 186 valence electrons. The Balaban J connectivity index is 2.46. The number of methoxy groups -OCH3 is 1. The highest BCUT2D eigenvalue weighted by atomic mass is 32.2. The normalized spacial score (nSPS) is 12.6. The van der Waals surface area contributed by atoms with Crippen LogP contribution < -0.4 is 14.4 Å². The van der Waals surface area contributed by atoms with E-state index in [-0.39, 0.29) is 23.5 Å². The van der Waals surface area contributed by atoms with Crippen molar-refractivity contribution in [3.05, 3.63) is 59.9 Å². The number of benzene rings is 2. The molecule has 1 N–H and O–H groups in total. The van der Waals surface area contributed by atoms with Crippen LogP contribution in [0.25, 0.3) is 0 Å². The summed E-state index contributed by atoms with van der Waals surface area (Å²) in [5, 5.41) is 2.81. The molecule has 2 amide bonds. The summed E-state index contributed by atoms with van der Waals surface area (Å²) in [7, 11) is -2.51. The number of anilines is 1. The van der Waals surface area contributed by atoms with Crippen LogP contribution in [0.4, 0.5) is 10.1 Å². The molecular weight excluding hydrogens is 461 g/mol. The Morgan fingerprint density at radius 1 is 1.09 bits per heavy atom. The molecule has 0 spiro atoms. The third-order valence-corrected chi connectivity index (χ3v) is 6.12. The van der Waals surface area contributed by atoms with E-state index in [1.165, 1.54) is 43.2 Å². The standard InChI is InChI=1S/C24H32FN3O5S/c1-17(23(30)26-24(2,3)4)27(15-18-11-7-8-12-19(18)25)22(29)16-28(34(6,31)32)20-13-9-10-14-21(20)33-5/h7-14,17H,15-16H2,1-6H3,(H,26,30)/t17-/m1/s1. The third kappa shape index (κ3) is 7.18. The van der Waals surface area contributed by atoms with Gasteiger partial charge in [-0.25, -0.2) is 12.8 Å². The second-order valence-electron chi connectivity index (χ2n) is 8.97. The number of halogens is 1. The van der Waals surface area contributed by atoms with Gasteiger partial charge in [-0.1, -0.05) is 30.3 Å². The quantitative estimate of drug-likeness (QED) is 0.580. The minimum atomic E-state index is -3.90. The fraction of sp³-hybridized carbons (Fsp3) is 0.417. The van der Waals surface area contributed by atoms with Crippen LogP contribution in [0.3, 0.4) is 0 Å². The van der Waals surface area contributed by atoms with E-state index in [9.17, 15) is 22.4 Å². The van der Waals surface area contributed by atoms with Crippen LogP contribution in [0.2, 0.25) is 0 Å². The van der Waals surface area contributed by atoms with Crippen molar-refractivity contribution in [2.75, 3.05) is 24.2 Å². The van der Waals surface area contributed by atoms with Crippen molar-refractivity contribution in [3.8, 4) is 5.75 Å². The molecule has 0 heterocycles. The highest BCUT2D eigenvalue weighted by molar-refractivity contribution is 7.92. The molecule has 1 atom stereocenters. The number of rotatable bonds is 9. The molecule has 10 heteroatoms. The van der Waals surface area contributed by atoms with Gasteiger partial charge in [0.2, 0.25) is 21.8 Å². The predicted molar refractivity (Wildman–Crippen MR) is 129 cm³/mol. The van der Waals surface area contributed by atoms with E-state index in [0.29, 0.717) is 0 Å². The zero-order valence-electron chi connectivity index (χ0n) is 20.3. The van der Waals surface area contributed by atoms with Gasteiger partial charge in [0.15, 0.2) is 0 Å². The lowest BCUT2D eigenvalue weighted by molar-refractivity contribution is -0.140. The minimum Gasteiger partial charge on any atom is -0.495 e. The topological polar surface area (TPSA) is 96.0 Å². The molecule has 0 saturated heterocycles. The summed E-state index contributed by atoms with van der Waals surface area (Å²) in [6.45, 7) is 6.11. The van der Waals surface area contributed by atoms with Gasteiger partial charge in [0.1, 0.15) is 24.2 Å². The number of ether oxygens (including phenoxy) is 1. The fourth-order valence-corrected chi connectivity index (χ4v) is 4.15. The predicted octanol–water partition coefficient (Wildman–Crippen LogP) is 2.93. The molecule has 0 aliphatic carbocycles. The average molecular weight is 494 g/mol. The van der Waals surface area contributed by atoms with Crippen LogP contribution >= 0.6 is 0 Å². The van der Waals surface area contributed by atoms with Crippen LogP contribution in [-0.4, -0.2) is 56.6 Å². The Kier molecular flexibility index (Phi) is 8.66. The molecule has 34 heavy (non-hydrogen) atoms. The number of hydrogen-bond donors (Lipinski definition) is 1. The zero-order valence-corrected chi connectivity index (χ0v) is 21.1. The summed E-state index contributed by atoms with van der Waals surface area (Å²) in [5.74, 6) is -1.38. The summed E-state index contributed by atoms with van der Waals surface area (Å²) in [6.07, 6.45) is 0.976. The molecule has 0 radical (unpaired) electrons. The number of nitrogens with zero attached hydrogens (tertiary/aromatic N) is 2. The Bertz CT molecular complexity index is 1130. The second-order valence-corrected chi connectivity index (χ2v) is 10.9. The van der Waals surface area contributed by atoms with Gasteiger partial charge in [-0.15, -0.1) is 0 Å². The van der Waals surface area contributed by atoms with E-state index < -0.39 is 45.8 Å². The number of amides is 2. The van der Waals surface area contributed by atoms with Crippen molar-refractivity contribution in [2.24, 2.45) is 0 Å². The van der Waals surface area contributed by atoms with Crippen LogP contribution in [-0.2, 0) is 26.2 Å². The highest BCUT2D eigenvalue weighted by Gasteiger charge is 2.32. The van der Waals surface area contributed by atoms with E-state index in [1.54, 1.807) is 45.0 Å². The van der Waals surface area contributed by atoms with Gasteiger partial charge in [-0.3, -0.25) is 13.9 Å². The summed E-state index contributed by atoms with van der Waals surface area (Å²) in [6, 6.07) is 11.3. The highest BCUT2D eigenvalue weighted by Crippen LogP contribution is 2.29. The second kappa shape index (κ2) is 10.9. The van der Waals surface area contributed by atoms with E-state index in [1.807, 2.05) is 0 Å².